The van der Waals surface area contributed by atoms with Crippen LogP contribution in [0, 0.1) is 6.92 Å². The summed E-state index contributed by atoms with van der Waals surface area (Å²) in [5, 5.41) is 0. The third kappa shape index (κ3) is 3.59. The number of aryl methyl sites for hydroxylation is 2. The van der Waals surface area contributed by atoms with Crippen LogP contribution in [0.25, 0.3) is 0 Å². The van der Waals surface area contributed by atoms with Crippen molar-refractivity contribution in [3.05, 3.63) is 35.4 Å². The van der Waals surface area contributed by atoms with E-state index in [4.69, 9.17) is 0 Å². The molecule has 0 saturated carbocycles. The molecule has 1 aromatic rings. The summed E-state index contributed by atoms with van der Waals surface area (Å²) in [4.78, 5) is 0. The molecule has 0 unspecified atom stereocenters. The van der Waals surface area contributed by atoms with Gasteiger partial charge in [-0.25, -0.2) is 8.42 Å². The molecule has 2 nitrogen and oxygen atoms in total. The fourth-order valence-electron chi connectivity index (χ4n) is 1.19. The summed E-state index contributed by atoms with van der Waals surface area (Å²) >= 11 is 0. The molecule has 0 fully saturated rings. The summed E-state index contributed by atoms with van der Waals surface area (Å²) in [6.45, 7) is 2.00. The lowest BCUT2D eigenvalue weighted by Gasteiger charge is -2.03. The van der Waals surface area contributed by atoms with Crippen LogP contribution in [-0.2, 0) is 16.3 Å². The van der Waals surface area contributed by atoms with E-state index in [2.05, 4.69) is 0 Å². The molecular weight excluding hydrogens is 184 g/mol. The second kappa shape index (κ2) is 3.92. The zero-order valence-electron chi connectivity index (χ0n) is 7.95. The predicted molar refractivity (Wildman–Crippen MR) is 54.6 cm³/mol. The molecule has 0 amide bonds. The summed E-state index contributed by atoms with van der Waals surface area (Å²) in [5.74, 6) is 0.234. The van der Waals surface area contributed by atoms with E-state index in [1.807, 2.05) is 31.2 Å². The highest BCUT2D eigenvalue weighted by molar-refractivity contribution is 7.90. The fraction of sp³-hybridized carbons (Fsp3) is 0.400. The van der Waals surface area contributed by atoms with E-state index in [1.165, 1.54) is 6.26 Å². The van der Waals surface area contributed by atoms with Gasteiger partial charge in [-0.2, -0.15) is 0 Å². The number of rotatable bonds is 3. The molecule has 0 aliphatic heterocycles. The van der Waals surface area contributed by atoms with Crippen LogP contribution in [0.2, 0.25) is 0 Å². The molecule has 72 valence electrons. The van der Waals surface area contributed by atoms with E-state index in [9.17, 15) is 8.42 Å². The fourth-order valence-corrected chi connectivity index (χ4v) is 1.78. The summed E-state index contributed by atoms with van der Waals surface area (Å²) in [7, 11) is -2.84. The summed E-state index contributed by atoms with van der Waals surface area (Å²) in [5.41, 5.74) is 2.28. The van der Waals surface area contributed by atoms with Crippen molar-refractivity contribution in [1.29, 1.82) is 0 Å². The molecule has 0 spiro atoms. The molecule has 0 aliphatic carbocycles. The molecule has 0 heterocycles. The molecule has 0 saturated heterocycles. The summed E-state index contributed by atoms with van der Waals surface area (Å²) in [6.07, 6.45) is 1.89. The van der Waals surface area contributed by atoms with Crippen LogP contribution >= 0.6 is 0 Å². The molecule has 3 heteroatoms. The average molecular weight is 198 g/mol. The van der Waals surface area contributed by atoms with Crippen LogP contribution < -0.4 is 0 Å². The first-order valence-corrected chi connectivity index (χ1v) is 6.27. The van der Waals surface area contributed by atoms with Gasteiger partial charge >= 0.3 is 0 Å². The van der Waals surface area contributed by atoms with Gasteiger partial charge in [0.2, 0.25) is 0 Å². The van der Waals surface area contributed by atoms with Crippen molar-refractivity contribution in [3.63, 3.8) is 0 Å². The van der Waals surface area contributed by atoms with Crippen molar-refractivity contribution in [2.45, 2.75) is 13.3 Å². The summed E-state index contributed by atoms with van der Waals surface area (Å²) < 4.78 is 21.8. The Kier molecular flexibility index (Phi) is 3.09. The molecule has 0 N–H and O–H groups in total. The monoisotopic (exact) mass is 198 g/mol. The van der Waals surface area contributed by atoms with Crippen LogP contribution in [-0.4, -0.2) is 20.4 Å². The highest BCUT2D eigenvalue weighted by Gasteiger charge is 2.03. The Morgan fingerprint density at radius 1 is 1.23 bits per heavy atom. The predicted octanol–water partition coefficient (Wildman–Crippen LogP) is 1.58. The van der Waals surface area contributed by atoms with Crippen molar-refractivity contribution in [2.75, 3.05) is 12.0 Å². The van der Waals surface area contributed by atoms with Gasteiger partial charge in [0.05, 0.1) is 5.75 Å². The topological polar surface area (TPSA) is 34.1 Å². The Morgan fingerprint density at radius 3 is 2.38 bits per heavy atom. The van der Waals surface area contributed by atoms with Crippen LogP contribution in [0.3, 0.4) is 0 Å². The Bertz CT molecular complexity index is 380. The van der Waals surface area contributed by atoms with Gasteiger partial charge in [0, 0.05) is 6.26 Å². The van der Waals surface area contributed by atoms with Gasteiger partial charge in [-0.1, -0.05) is 24.3 Å². The van der Waals surface area contributed by atoms with Crippen LogP contribution in [0.15, 0.2) is 24.3 Å². The Morgan fingerprint density at radius 2 is 1.85 bits per heavy atom. The molecule has 0 radical (unpaired) electrons. The van der Waals surface area contributed by atoms with Crippen molar-refractivity contribution >= 4 is 9.84 Å². The first-order chi connectivity index (χ1) is 5.99. The first kappa shape index (κ1) is 10.3. The molecular formula is C10H14O2S. The van der Waals surface area contributed by atoms with Gasteiger partial charge in [-0.3, -0.25) is 0 Å². The third-order valence-electron chi connectivity index (χ3n) is 2.00. The molecule has 0 aromatic heterocycles. The summed E-state index contributed by atoms with van der Waals surface area (Å²) in [6, 6.07) is 7.86. The first-order valence-electron chi connectivity index (χ1n) is 4.21. The van der Waals surface area contributed by atoms with Crippen molar-refractivity contribution in [1.82, 2.24) is 0 Å². The molecule has 0 atom stereocenters. The van der Waals surface area contributed by atoms with Gasteiger partial charge in [0.1, 0.15) is 9.84 Å². The Labute approximate surface area is 79.5 Å². The SMILES string of the molecule is Cc1ccccc1CCS(C)(=O)=O. The maximum absolute atomic E-state index is 10.9. The second-order valence-corrected chi connectivity index (χ2v) is 5.57. The minimum Gasteiger partial charge on any atom is -0.229 e. The lowest BCUT2D eigenvalue weighted by Crippen LogP contribution is -2.06. The van der Waals surface area contributed by atoms with E-state index < -0.39 is 9.84 Å². The van der Waals surface area contributed by atoms with E-state index in [1.54, 1.807) is 0 Å². The quantitative estimate of drug-likeness (QED) is 0.739. The smallest absolute Gasteiger partial charge is 0.147 e. The highest BCUT2D eigenvalue weighted by Crippen LogP contribution is 2.08. The number of benzene rings is 1. The van der Waals surface area contributed by atoms with E-state index in [-0.39, 0.29) is 5.75 Å². The van der Waals surface area contributed by atoms with Crippen molar-refractivity contribution < 1.29 is 8.42 Å². The Hall–Kier alpha value is -0.830. The number of hydrogen-bond donors (Lipinski definition) is 0. The van der Waals surface area contributed by atoms with Gasteiger partial charge in [0.25, 0.3) is 0 Å². The second-order valence-electron chi connectivity index (χ2n) is 3.31. The number of hydrogen-bond acceptors (Lipinski definition) is 2. The maximum Gasteiger partial charge on any atom is 0.147 e. The van der Waals surface area contributed by atoms with Crippen LogP contribution in [0.1, 0.15) is 11.1 Å². The maximum atomic E-state index is 10.9. The molecule has 13 heavy (non-hydrogen) atoms. The molecule has 0 aliphatic rings. The average Bonchev–Trinajstić information content (AvgIpc) is 2.01. The third-order valence-corrected chi connectivity index (χ3v) is 2.95. The van der Waals surface area contributed by atoms with Crippen LogP contribution in [0.4, 0.5) is 0 Å². The van der Waals surface area contributed by atoms with Gasteiger partial charge in [-0.15, -0.1) is 0 Å². The van der Waals surface area contributed by atoms with Gasteiger partial charge in [0.15, 0.2) is 0 Å². The van der Waals surface area contributed by atoms with E-state index in [0.717, 1.165) is 11.1 Å². The minimum atomic E-state index is -2.84. The normalized spacial score (nSPS) is 11.5. The molecule has 0 bridgehead atoms. The van der Waals surface area contributed by atoms with Gasteiger partial charge in [-0.05, 0) is 24.5 Å². The standard InChI is InChI=1S/C10H14O2S/c1-9-5-3-4-6-10(9)7-8-13(2,11)12/h3-6H,7-8H2,1-2H3. The van der Waals surface area contributed by atoms with Crippen LogP contribution in [0.5, 0.6) is 0 Å². The van der Waals surface area contributed by atoms with Crippen molar-refractivity contribution in [3.8, 4) is 0 Å². The Balaban J connectivity index is 2.71. The lowest BCUT2D eigenvalue weighted by molar-refractivity contribution is 0.601. The van der Waals surface area contributed by atoms with E-state index >= 15 is 0 Å². The number of sulfone groups is 1. The molecule has 1 aromatic carbocycles. The lowest BCUT2D eigenvalue weighted by atomic mass is 10.1. The van der Waals surface area contributed by atoms with E-state index in [0.29, 0.717) is 6.42 Å². The zero-order chi connectivity index (χ0) is 9.90. The van der Waals surface area contributed by atoms with Crippen molar-refractivity contribution in [2.24, 2.45) is 0 Å². The largest absolute Gasteiger partial charge is 0.229 e. The zero-order valence-corrected chi connectivity index (χ0v) is 8.76. The molecule has 1 rings (SSSR count). The minimum absolute atomic E-state index is 0.234. The highest BCUT2D eigenvalue weighted by atomic mass is 32.2. The van der Waals surface area contributed by atoms with Gasteiger partial charge < -0.3 is 0 Å².